The third-order valence-electron chi connectivity index (χ3n) is 3.70. The van der Waals surface area contributed by atoms with E-state index in [-0.39, 0.29) is 18.4 Å². The Hall–Kier alpha value is -1.29. The fourth-order valence-corrected chi connectivity index (χ4v) is 5.87. The molecule has 1 atom stereocenters. The Morgan fingerprint density at radius 1 is 1.48 bits per heavy atom. The minimum atomic E-state index is -3.50. The SMILES string of the molecule is Cc1cnc(NC(=O)C2CCCN(S(=O)(=O)c3cccs3)C2)s1. The van der Waals surface area contributed by atoms with Gasteiger partial charge in [-0.1, -0.05) is 6.07 Å². The van der Waals surface area contributed by atoms with E-state index < -0.39 is 10.0 Å². The van der Waals surface area contributed by atoms with Gasteiger partial charge in [-0.3, -0.25) is 4.79 Å². The predicted octanol–water partition coefficient (Wildman–Crippen LogP) is 2.55. The summed E-state index contributed by atoms with van der Waals surface area (Å²) in [5.74, 6) is -0.506. The van der Waals surface area contributed by atoms with E-state index in [0.717, 1.165) is 4.88 Å². The van der Waals surface area contributed by atoms with Crippen molar-refractivity contribution in [1.82, 2.24) is 9.29 Å². The molecule has 0 radical (unpaired) electrons. The summed E-state index contributed by atoms with van der Waals surface area (Å²) in [6.45, 7) is 2.60. The van der Waals surface area contributed by atoms with E-state index in [0.29, 0.717) is 28.7 Å². The molecule has 1 N–H and O–H groups in total. The minimum absolute atomic E-state index is 0.162. The minimum Gasteiger partial charge on any atom is -0.302 e. The van der Waals surface area contributed by atoms with Crippen molar-refractivity contribution in [2.75, 3.05) is 18.4 Å². The highest BCUT2D eigenvalue weighted by atomic mass is 32.2. The normalized spacial score (nSPS) is 19.6. The van der Waals surface area contributed by atoms with Crippen LogP contribution in [0.1, 0.15) is 17.7 Å². The Morgan fingerprint density at radius 2 is 2.30 bits per heavy atom. The maximum Gasteiger partial charge on any atom is 0.252 e. The third-order valence-corrected chi connectivity index (χ3v) is 7.76. The molecule has 2 aromatic rings. The van der Waals surface area contributed by atoms with Crippen LogP contribution >= 0.6 is 22.7 Å². The number of carbonyl (C=O) groups excluding carboxylic acids is 1. The molecule has 1 amide bonds. The van der Waals surface area contributed by atoms with Crippen molar-refractivity contribution in [1.29, 1.82) is 0 Å². The van der Waals surface area contributed by atoms with Crippen molar-refractivity contribution in [2.45, 2.75) is 24.0 Å². The van der Waals surface area contributed by atoms with Crippen LogP contribution in [-0.4, -0.2) is 36.7 Å². The maximum atomic E-state index is 12.6. The molecule has 1 unspecified atom stereocenters. The molecule has 0 aromatic carbocycles. The number of thiazole rings is 1. The van der Waals surface area contributed by atoms with Crippen LogP contribution in [0.5, 0.6) is 0 Å². The Labute approximate surface area is 143 Å². The van der Waals surface area contributed by atoms with Crippen LogP contribution in [0.15, 0.2) is 27.9 Å². The highest BCUT2D eigenvalue weighted by Gasteiger charge is 2.33. The number of hydrogen-bond donors (Lipinski definition) is 1. The highest BCUT2D eigenvalue weighted by molar-refractivity contribution is 7.91. The number of carbonyl (C=O) groups is 1. The van der Waals surface area contributed by atoms with Crippen LogP contribution in [-0.2, 0) is 14.8 Å². The van der Waals surface area contributed by atoms with Crippen LogP contribution in [0.25, 0.3) is 0 Å². The van der Waals surface area contributed by atoms with Gasteiger partial charge < -0.3 is 5.32 Å². The molecule has 0 spiro atoms. The highest BCUT2D eigenvalue weighted by Crippen LogP contribution is 2.27. The van der Waals surface area contributed by atoms with Gasteiger partial charge in [-0.05, 0) is 31.2 Å². The molecule has 1 aliphatic heterocycles. The van der Waals surface area contributed by atoms with Gasteiger partial charge in [0.15, 0.2) is 5.13 Å². The number of rotatable bonds is 4. The van der Waals surface area contributed by atoms with Gasteiger partial charge in [-0.25, -0.2) is 13.4 Å². The summed E-state index contributed by atoms with van der Waals surface area (Å²) in [4.78, 5) is 17.5. The zero-order valence-electron chi connectivity index (χ0n) is 12.6. The number of anilines is 1. The van der Waals surface area contributed by atoms with Crippen LogP contribution in [0.3, 0.4) is 0 Å². The lowest BCUT2D eigenvalue weighted by molar-refractivity contribution is -0.120. The van der Waals surface area contributed by atoms with E-state index in [1.54, 1.807) is 23.7 Å². The summed E-state index contributed by atoms with van der Waals surface area (Å²) in [5, 5.41) is 5.09. The smallest absolute Gasteiger partial charge is 0.252 e. The first kappa shape index (κ1) is 16.6. The molecule has 23 heavy (non-hydrogen) atoms. The number of thiophene rings is 1. The molecule has 0 saturated carbocycles. The van der Waals surface area contributed by atoms with Gasteiger partial charge in [0.2, 0.25) is 5.91 Å². The van der Waals surface area contributed by atoms with E-state index in [4.69, 9.17) is 0 Å². The predicted molar refractivity (Wildman–Crippen MR) is 91.3 cm³/mol. The summed E-state index contributed by atoms with van der Waals surface area (Å²) in [5.41, 5.74) is 0. The summed E-state index contributed by atoms with van der Waals surface area (Å²) in [6.07, 6.45) is 3.07. The molecule has 3 heterocycles. The Balaban J connectivity index is 1.69. The lowest BCUT2D eigenvalue weighted by Gasteiger charge is -2.30. The van der Waals surface area contributed by atoms with Crippen molar-refractivity contribution in [2.24, 2.45) is 5.92 Å². The Morgan fingerprint density at radius 3 is 2.96 bits per heavy atom. The molecule has 0 bridgehead atoms. The average Bonchev–Trinajstić information content (AvgIpc) is 3.19. The lowest BCUT2D eigenvalue weighted by atomic mass is 9.99. The monoisotopic (exact) mass is 371 g/mol. The molecular formula is C14H17N3O3S3. The van der Waals surface area contributed by atoms with E-state index in [2.05, 4.69) is 10.3 Å². The number of nitrogens with zero attached hydrogens (tertiary/aromatic N) is 2. The fraction of sp³-hybridized carbons (Fsp3) is 0.429. The van der Waals surface area contributed by atoms with Crippen LogP contribution in [0.4, 0.5) is 5.13 Å². The molecule has 124 valence electrons. The van der Waals surface area contributed by atoms with Gasteiger partial charge >= 0.3 is 0 Å². The summed E-state index contributed by atoms with van der Waals surface area (Å²) in [7, 11) is -3.50. The topological polar surface area (TPSA) is 79.4 Å². The maximum absolute atomic E-state index is 12.6. The number of piperidine rings is 1. The largest absolute Gasteiger partial charge is 0.302 e. The average molecular weight is 372 g/mol. The molecular weight excluding hydrogens is 354 g/mol. The number of sulfonamides is 1. The molecule has 1 saturated heterocycles. The number of aryl methyl sites for hydroxylation is 1. The van der Waals surface area contributed by atoms with Gasteiger partial charge in [0, 0.05) is 24.2 Å². The Kier molecular flexibility index (Phi) is 4.81. The van der Waals surface area contributed by atoms with Crippen molar-refractivity contribution in [3.05, 3.63) is 28.6 Å². The Bertz CT molecular complexity index is 783. The van der Waals surface area contributed by atoms with Gasteiger partial charge in [0.25, 0.3) is 10.0 Å². The first-order chi connectivity index (χ1) is 11.0. The van der Waals surface area contributed by atoms with E-state index in [1.807, 2.05) is 6.92 Å². The fourth-order valence-electron chi connectivity index (χ4n) is 2.53. The third kappa shape index (κ3) is 3.63. The van der Waals surface area contributed by atoms with Gasteiger partial charge in [0.1, 0.15) is 4.21 Å². The molecule has 1 fully saturated rings. The van der Waals surface area contributed by atoms with Crippen molar-refractivity contribution in [3.63, 3.8) is 0 Å². The van der Waals surface area contributed by atoms with Gasteiger partial charge in [-0.2, -0.15) is 4.31 Å². The van der Waals surface area contributed by atoms with Crippen molar-refractivity contribution in [3.8, 4) is 0 Å². The van der Waals surface area contributed by atoms with Crippen molar-refractivity contribution < 1.29 is 13.2 Å². The first-order valence-corrected chi connectivity index (χ1v) is 10.4. The second-order valence-corrected chi connectivity index (χ2v) is 9.75. The standard InChI is InChI=1S/C14H17N3O3S3/c1-10-8-15-14(22-10)16-13(18)11-4-2-6-17(9-11)23(19,20)12-5-3-7-21-12/h3,5,7-8,11H,2,4,6,9H2,1H3,(H,15,16,18). The molecule has 3 rings (SSSR count). The number of amides is 1. The molecule has 0 aliphatic carbocycles. The summed E-state index contributed by atoms with van der Waals surface area (Å²) < 4.78 is 26.9. The molecule has 6 nitrogen and oxygen atoms in total. The second-order valence-electron chi connectivity index (χ2n) is 5.40. The zero-order chi connectivity index (χ0) is 16.4. The molecule has 1 aliphatic rings. The molecule has 9 heteroatoms. The van der Waals surface area contributed by atoms with Crippen LogP contribution in [0.2, 0.25) is 0 Å². The lowest BCUT2D eigenvalue weighted by Crippen LogP contribution is -2.43. The second kappa shape index (κ2) is 6.68. The van der Waals surface area contributed by atoms with E-state index in [1.165, 1.54) is 27.0 Å². The first-order valence-electron chi connectivity index (χ1n) is 7.24. The molecule has 2 aromatic heterocycles. The van der Waals surface area contributed by atoms with Gasteiger partial charge in [0.05, 0.1) is 5.92 Å². The number of hydrogen-bond acceptors (Lipinski definition) is 6. The zero-order valence-corrected chi connectivity index (χ0v) is 15.0. The summed E-state index contributed by atoms with van der Waals surface area (Å²) in [6, 6.07) is 3.32. The van der Waals surface area contributed by atoms with E-state index >= 15 is 0 Å². The van der Waals surface area contributed by atoms with E-state index in [9.17, 15) is 13.2 Å². The van der Waals surface area contributed by atoms with Gasteiger partial charge in [-0.15, -0.1) is 22.7 Å². The quantitative estimate of drug-likeness (QED) is 0.896. The number of aromatic nitrogens is 1. The van der Waals surface area contributed by atoms with Crippen LogP contribution in [0, 0.1) is 12.8 Å². The summed E-state index contributed by atoms with van der Waals surface area (Å²) >= 11 is 2.61. The number of nitrogens with one attached hydrogen (secondary N) is 1. The van der Waals surface area contributed by atoms with Crippen molar-refractivity contribution >= 4 is 43.7 Å². The van der Waals surface area contributed by atoms with Crippen LogP contribution < -0.4 is 5.32 Å².